The molecule has 4 atom stereocenters. The number of hydrogen-bond acceptors (Lipinski definition) is 7. The number of carboxylic acid groups (broad SMARTS) is 3. The summed E-state index contributed by atoms with van der Waals surface area (Å²) in [6.07, 6.45) is -1.10. The second kappa shape index (κ2) is 14.8. The summed E-state index contributed by atoms with van der Waals surface area (Å²) in [6.45, 7) is 6.87. The molecular weight excluding hydrogens is 452 g/mol. The molecule has 194 valence electrons. The highest BCUT2D eigenvalue weighted by Gasteiger charge is 2.32. The highest BCUT2D eigenvalue weighted by molar-refractivity contribution is 5.94. The maximum atomic E-state index is 12.9. The summed E-state index contributed by atoms with van der Waals surface area (Å²) in [7, 11) is 0. The van der Waals surface area contributed by atoms with E-state index < -0.39 is 72.1 Å². The molecule has 0 spiro atoms. The Morgan fingerprint density at radius 1 is 0.706 bits per heavy atom. The van der Waals surface area contributed by atoms with Crippen molar-refractivity contribution in [1.82, 2.24) is 16.0 Å². The second-order valence-electron chi connectivity index (χ2n) is 8.79. The van der Waals surface area contributed by atoms with Gasteiger partial charge in [-0.15, -0.1) is 0 Å². The number of carbonyl (C=O) groups is 6. The fourth-order valence-corrected chi connectivity index (χ4v) is 2.97. The van der Waals surface area contributed by atoms with Gasteiger partial charge in [-0.25, -0.2) is 4.79 Å². The summed E-state index contributed by atoms with van der Waals surface area (Å²) in [5, 5.41) is 34.0. The molecule has 0 aromatic rings. The van der Waals surface area contributed by atoms with E-state index in [1.54, 1.807) is 27.7 Å². The zero-order valence-electron chi connectivity index (χ0n) is 19.9. The van der Waals surface area contributed by atoms with Crippen LogP contribution in [0.4, 0.5) is 0 Å². The third-order valence-electron chi connectivity index (χ3n) is 4.85. The van der Waals surface area contributed by atoms with Crippen LogP contribution in [0.2, 0.25) is 0 Å². The molecule has 0 bridgehead atoms. The lowest BCUT2D eigenvalue weighted by atomic mass is 9.99. The van der Waals surface area contributed by atoms with E-state index in [1.165, 1.54) is 0 Å². The van der Waals surface area contributed by atoms with Crippen molar-refractivity contribution in [3.8, 4) is 0 Å². The smallest absolute Gasteiger partial charge is 0.326 e. The van der Waals surface area contributed by atoms with Gasteiger partial charge in [0.2, 0.25) is 17.7 Å². The number of carbonyl (C=O) groups excluding carboxylic acids is 3. The second-order valence-corrected chi connectivity index (χ2v) is 8.79. The Kier molecular flexibility index (Phi) is 13.4. The van der Waals surface area contributed by atoms with Gasteiger partial charge in [0.25, 0.3) is 0 Å². The first kappa shape index (κ1) is 30.8. The van der Waals surface area contributed by atoms with E-state index >= 15 is 0 Å². The molecule has 0 saturated heterocycles. The molecule has 13 nitrogen and oxygen atoms in total. The quantitative estimate of drug-likeness (QED) is 0.144. The van der Waals surface area contributed by atoms with Crippen molar-refractivity contribution in [1.29, 1.82) is 0 Å². The lowest BCUT2D eigenvalue weighted by Crippen LogP contribution is -2.58. The van der Waals surface area contributed by atoms with E-state index in [4.69, 9.17) is 15.9 Å². The molecule has 0 aliphatic rings. The van der Waals surface area contributed by atoms with E-state index in [0.717, 1.165) is 0 Å². The summed E-state index contributed by atoms with van der Waals surface area (Å²) in [5.41, 5.74) is 5.69. The molecule has 4 unspecified atom stereocenters. The summed E-state index contributed by atoms with van der Waals surface area (Å²) >= 11 is 0. The Hall–Kier alpha value is -3.22. The van der Waals surface area contributed by atoms with Crippen LogP contribution in [0.25, 0.3) is 0 Å². The van der Waals surface area contributed by atoms with Crippen molar-refractivity contribution in [3.63, 3.8) is 0 Å². The minimum Gasteiger partial charge on any atom is -0.481 e. The van der Waals surface area contributed by atoms with Gasteiger partial charge in [0.1, 0.15) is 18.1 Å². The zero-order valence-corrected chi connectivity index (χ0v) is 19.9. The number of nitrogens with one attached hydrogen (secondary N) is 3. The Balaban J connectivity index is 5.41. The Morgan fingerprint density at radius 2 is 1.21 bits per heavy atom. The highest BCUT2D eigenvalue weighted by atomic mass is 16.4. The predicted molar refractivity (Wildman–Crippen MR) is 119 cm³/mol. The van der Waals surface area contributed by atoms with Gasteiger partial charge in [0.05, 0.1) is 6.04 Å². The maximum absolute atomic E-state index is 12.9. The van der Waals surface area contributed by atoms with E-state index in [9.17, 15) is 33.9 Å². The number of amides is 3. The van der Waals surface area contributed by atoms with Crippen molar-refractivity contribution in [2.45, 2.75) is 84.0 Å². The lowest BCUT2D eigenvalue weighted by Gasteiger charge is -2.27. The van der Waals surface area contributed by atoms with Gasteiger partial charge < -0.3 is 37.0 Å². The first-order chi connectivity index (χ1) is 15.6. The Bertz CT molecular complexity index is 755. The molecule has 34 heavy (non-hydrogen) atoms. The average molecular weight is 489 g/mol. The van der Waals surface area contributed by atoms with Crippen LogP contribution in [0.15, 0.2) is 0 Å². The number of aliphatic carboxylic acids is 3. The average Bonchev–Trinajstić information content (AvgIpc) is 2.70. The zero-order chi connectivity index (χ0) is 26.6. The first-order valence-corrected chi connectivity index (χ1v) is 11.0. The minimum atomic E-state index is -1.46. The van der Waals surface area contributed by atoms with Gasteiger partial charge >= 0.3 is 17.9 Å². The van der Waals surface area contributed by atoms with Crippen LogP contribution in [0.5, 0.6) is 0 Å². The summed E-state index contributed by atoms with van der Waals surface area (Å²) in [4.78, 5) is 70.8. The van der Waals surface area contributed by atoms with Crippen LogP contribution in [0, 0.1) is 11.8 Å². The topological polar surface area (TPSA) is 225 Å². The van der Waals surface area contributed by atoms with Crippen molar-refractivity contribution >= 4 is 35.6 Å². The summed E-state index contributed by atoms with van der Waals surface area (Å²) in [5.74, 6) is -6.46. The number of hydrogen-bond donors (Lipinski definition) is 7. The van der Waals surface area contributed by atoms with Crippen LogP contribution in [-0.4, -0.2) is 75.1 Å². The van der Waals surface area contributed by atoms with Crippen LogP contribution < -0.4 is 21.7 Å². The number of nitrogens with two attached hydrogens (primary N) is 1. The largest absolute Gasteiger partial charge is 0.481 e. The number of rotatable bonds is 16. The first-order valence-electron chi connectivity index (χ1n) is 11.0. The van der Waals surface area contributed by atoms with Crippen molar-refractivity contribution in [2.75, 3.05) is 0 Å². The number of carboxylic acids is 3. The minimum absolute atomic E-state index is 0.0742. The molecule has 0 aromatic heterocycles. The molecular formula is C21H36N4O9. The van der Waals surface area contributed by atoms with Crippen molar-refractivity contribution in [3.05, 3.63) is 0 Å². The van der Waals surface area contributed by atoms with Crippen LogP contribution in [0.1, 0.15) is 59.8 Å². The molecule has 3 amide bonds. The van der Waals surface area contributed by atoms with E-state index in [1.807, 2.05) is 0 Å². The van der Waals surface area contributed by atoms with Gasteiger partial charge in [0.15, 0.2) is 0 Å². The van der Waals surface area contributed by atoms with Gasteiger partial charge in [-0.1, -0.05) is 27.7 Å². The lowest BCUT2D eigenvalue weighted by molar-refractivity contribution is -0.143. The summed E-state index contributed by atoms with van der Waals surface area (Å²) < 4.78 is 0. The molecule has 0 radical (unpaired) electrons. The molecule has 13 heteroatoms. The van der Waals surface area contributed by atoms with Gasteiger partial charge in [-0.2, -0.15) is 0 Å². The van der Waals surface area contributed by atoms with E-state index in [2.05, 4.69) is 16.0 Å². The fourth-order valence-electron chi connectivity index (χ4n) is 2.97. The molecule has 0 aromatic carbocycles. The van der Waals surface area contributed by atoms with Crippen LogP contribution in [0.3, 0.4) is 0 Å². The Labute approximate surface area is 197 Å². The third kappa shape index (κ3) is 12.1. The molecule has 0 heterocycles. The van der Waals surface area contributed by atoms with E-state index in [-0.39, 0.29) is 31.6 Å². The Morgan fingerprint density at radius 3 is 1.65 bits per heavy atom. The maximum Gasteiger partial charge on any atom is 0.326 e. The standard InChI is InChI=1S/C21H36N4O9/c1-10(2)9-14(19(31)23-13(21(33)34)6-8-16(28)29)24-20(32)17(11(3)4)25-18(30)12(22)5-7-15(26)27/h10-14,17H,5-9,22H2,1-4H3,(H,23,31)(H,24,32)(H,25,30)(H,26,27)(H,28,29)(H,33,34). The van der Waals surface area contributed by atoms with Crippen LogP contribution in [-0.2, 0) is 28.8 Å². The van der Waals surface area contributed by atoms with Crippen molar-refractivity contribution in [2.24, 2.45) is 17.6 Å². The predicted octanol–water partition coefficient (Wildman–Crippen LogP) is -0.716. The van der Waals surface area contributed by atoms with Gasteiger partial charge in [0, 0.05) is 12.8 Å². The molecule has 0 saturated carbocycles. The monoisotopic (exact) mass is 488 g/mol. The van der Waals surface area contributed by atoms with Gasteiger partial charge in [-0.05, 0) is 31.1 Å². The summed E-state index contributed by atoms with van der Waals surface area (Å²) in [6, 6.07) is -4.83. The van der Waals surface area contributed by atoms with Crippen molar-refractivity contribution < 1.29 is 44.1 Å². The van der Waals surface area contributed by atoms with E-state index in [0.29, 0.717) is 0 Å². The fraction of sp³-hybridized carbons (Fsp3) is 0.714. The normalized spacial score (nSPS) is 14.6. The van der Waals surface area contributed by atoms with Gasteiger partial charge in [-0.3, -0.25) is 24.0 Å². The highest BCUT2D eigenvalue weighted by Crippen LogP contribution is 2.10. The SMILES string of the molecule is CC(C)CC(NC(=O)C(NC(=O)C(N)CCC(=O)O)C(C)C)C(=O)NC(CCC(=O)O)C(=O)O. The molecule has 0 rings (SSSR count). The third-order valence-corrected chi connectivity index (χ3v) is 4.85. The molecule has 8 N–H and O–H groups in total. The van der Waals surface area contributed by atoms with Crippen LogP contribution >= 0.6 is 0 Å². The molecule has 0 aliphatic heterocycles. The molecule has 0 fully saturated rings. The molecule has 0 aliphatic carbocycles.